The number of Topliss-reactive ketones (excluding diaryl/α,β-unsaturated/α-hetero) is 1. The van der Waals surface area contributed by atoms with Crippen LogP contribution in [-0.2, 0) is 31.1 Å². The maximum atomic E-state index is 12.7. The number of aliphatic hydroxyl groups is 1. The molecular weight excluding hydrogens is 707 g/mol. The molecule has 0 radical (unpaired) electrons. The lowest BCUT2D eigenvalue weighted by Gasteiger charge is -2.51. The highest BCUT2D eigenvalue weighted by molar-refractivity contribution is 7.90. The molecule has 1 saturated heterocycles. The van der Waals surface area contributed by atoms with E-state index in [-0.39, 0.29) is 11.5 Å². The van der Waals surface area contributed by atoms with E-state index in [4.69, 9.17) is 32.9 Å². The maximum Gasteiger partial charge on any atom is 0.188 e. The summed E-state index contributed by atoms with van der Waals surface area (Å²) in [7, 11) is -3.03. The molecule has 0 amide bonds. The number of piperazine rings is 1. The average molecular weight is 758 g/mol. The van der Waals surface area contributed by atoms with Gasteiger partial charge in [-0.2, -0.15) is 0 Å². The van der Waals surface area contributed by atoms with E-state index in [1.807, 2.05) is 97.3 Å². The largest absolute Gasteiger partial charge is 0.493 e. The van der Waals surface area contributed by atoms with Gasteiger partial charge in [-0.15, -0.1) is 0 Å². The SMILES string of the molecule is CCOc1cc(C(C)(C)C(C)=O)ccc1C1=N[C@@](C)(c2ccc(Cl)cc2)[C@@](C)(c2ccc(Cl)cc2)N1C(O)N1CCN(CCCS(C)(=O)=O)CC1. The lowest BCUT2D eigenvalue weighted by Crippen LogP contribution is -2.63. The summed E-state index contributed by atoms with van der Waals surface area (Å²) in [5.41, 5.74) is 0.659. The van der Waals surface area contributed by atoms with Gasteiger partial charge in [-0.3, -0.25) is 14.7 Å². The summed E-state index contributed by atoms with van der Waals surface area (Å²) >= 11 is 12.8. The fraction of sp³-hybridized carbons (Fsp3) is 0.487. The number of halogens is 2. The minimum Gasteiger partial charge on any atom is -0.493 e. The normalized spacial score (nSPS) is 22.5. The van der Waals surface area contributed by atoms with Gasteiger partial charge in [0.25, 0.3) is 0 Å². The topological polar surface area (TPSA) is 103 Å². The smallest absolute Gasteiger partial charge is 0.188 e. The predicted octanol–water partition coefficient (Wildman–Crippen LogP) is 6.48. The van der Waals surface area contributed by atoms with Crippen molar-refractivity contribution < 1.29 is 23.1 Å². The van der Waals surface area contributed by atoms with E-state index in [0.29, 0.717) is 72.9 Å². The van der Waals surface area contributed by atoms with Crippen molar-refractivity contribution in [2.24, 2.45) is 4.99 Å². The Kier molecular flexibility index (Phi) is 11.7. The fourth-order valence-corrected chi connectivity index (χ4v) is 8.08. The second-order valence-electron chi connectivity index (χ2n) is 14.5. The van der Waals surface area contributed by atoms with Crippen molar-refractivity contribution in [2.45, 2.75) is 70.8 Å². The van der Waals surface area contributed by atoms with Crippen molar-refractivity contribution in [3.63, 3.8) is 0 Å². The number of aliphatic imine (C=N–C) groups is 1. The van der Waals surface area contributed by atoms with Crippen LogP contribution in [0.5, 0.6) is 5.75 Å². The van der Waals surface area contributed by atoms with E-state index in [9.17, 15) is 18.3 Å². The Labute approximate surface area is 313 Å². The molecular formula is C39H50Cl2N4O5S. The third-order valence-corrected chi connectivity index (χ3v) is 12.4. The number of hydrogen-bond donors (Lipinski definition) is 1. The molecule has 3 atom stereocenters. The van der Waals surface area contributed by atoms with E-state index in [1.54, 1.807) is 6.92 Å². The molecule has 2 aliphatic rings. The highest BCUT2D eigenvalue weighted by atomic mass is 35.5. The third-order valence-electron chi connectivity index (χ3n) is 10.9. The Morgan fingerprint density at radius 3 is 2.06 bits per heavy atom. The molecule has 12 heteroatoms. The van der Waals surface area contributed by atoms with Crippen molar-refractivity contribution in [1.82, 2.24) is 14.7 Å². The Morgan fingerprint density at radius 1 is 0.961 bits per heavy atom. The highest BCUT2D eigenvalue weighted by Gasteiger charge is 2.60. The molecule has 0 bridgehead atoms. The van der Waals surface area contributed by atoms with Gasteiger partial charge in [0.2, 0.25) is 0 Å². The van der Waals surface area contributed by atoms with Gasteiger partial charge in [0.1, 0.15) is 32.7 Å². The highest BCUT2D eigenvalue weighted by Crippen LogP contribution is 2.54. The molecule has 1 N–H and O–H groups in total. The Hall–Kier alpha value is -2.99. The van der Waals surface area contributed by atoms with Crippen LogP contribution in [0.1, 0.15) is 70.2 Å². The number of hydrogen-bond acceptors (Lipinski definition) is 9. The summed E-state index contributed by atoms with van der Waals surface area (Å²) in [6.07, 6.45) is 0.718. The number of benzene rings is 3. The van der Waals surface area contributed by atoms with Gasteiger partial charge in [0.05, 0.1) is 23.5 Å². The number of ether oxygens (including phenoxy) is 1. The molecule has 1 unspecified atom stereocenters. The van der Waals surface area contributed by atoms with Gasteiger partial charge >= 0.3 is 0 Å². The first-order chi connectivity index (χ1) is 23.9. The molecule has 5 rings (SSSR count). The Balaban J connectivity index is 1.66. The number of sulfone groups is 1. The molecule has 51 heavy (non-hydrogen) atoms. The molecule has 0 saturated carbocycles. The average Bonchev–Trinajstić information content (AvgIpc) is 3.32. The summed E-state index contributed by atoms with van der Waals surface area (Å²) in [5.74, 6) is 1.30. The van der Waals surface area contributed by atoms with Gasteiger partial charge in [-0.05, 0) is 108 Å². The second kappa shape index (κ2) is 15.2. The molecule has 1 fully saturated rings. The molecule has 2 aliphatic heterocycles. The first-order valence-corrected chi connectivity index (χ1v) is 20.3. The molecule has 0 aliphatic carbocycles. The van der Waals surface area contributed by atoms with Crippen LogP contribution < -0.4 is 4.74 Å². The number of carbonyl (C=O) groups excluding carboxylic acids is 1. The van der Waals surface area contributed by atoms with Crippen LogP contribution in [0.3, 0.4) is 0 Å². The van der Waals surface area contributed by atoms with Crippen molar-refractivity contribution in [1.29, 1.82) is 0 Å². The summed E-state index contributed by atoms with van der Waals surface area (Å²) in [6, 6.07) is 21.1. The van der Waals surface area contributed by atoms with Crippen LogP contribution in [-0.4, -0.2) is 97.5 Å². The summed E-state index contributed by atoms with van der Waals surface area (Å²) in [5, 5.41) is 13.9. The predicted molar refractivity (Wildman–Crippen MR) is 206 cm³/mol. The zero-order valence-corrected chi connectivity index (χ0v) is 32.9. The van der Waals surface area contributed by atoms with Crippen molar-refractivity contribution in [2.75, 3.05) is 51.3 Å². The zero-order chi connectivity index (χ0) is 37.4. The van der Waals surface area contributed by atoms with E-state index < -0.39 is 32.7 Å². The van der Waals surface area contributed by atoms with Gasteiger partial charge < -0.3 is 19.6 Å². The monoisotopic (exact) mass is 756 g/mol. The quantitative estimate of drug-likeness (QED) is 0.212. The molecule has 0 spiro atoms. The first-order valence-electron chi connectivity index (χ1n) is 17.4. The zero-order valence-electron chi connectivity index (χ0n) is 30.6. The minimum atomic E-state index is -3.03. The number of nitrogens with zero attached hydrogens (tertiary/aromatic N) is 4. The molecule has 9 nitrogen and oxygen atoms in total. The summed E-state index contributed by atoms with van der Waals surface area (Å²) < 4.78 is 29.7. The number of rotatable bonds is 13. The van der Waals surface area contributed by atoms with Crippen molar-refractivity contribution in [3.05, 3.63) is 99.0 Å². The van der Waals surface area contributed by atoms with Gasteiger partial charge in [0.15, 0.2) is 6.35 Å². The minimum absolute atomic E-state index is 0.0362. The van der Waals surface area contributed by atoms with Crippen LogP contribution in [0.25, 0.3) is 0 Å². The maximum absolute atomic E-state index is 12.7. The standard InChI is InChI=1S/C39H50Cl2N4O5S/c1-8-50-34-26-30(37(3,4)27(2)46)14-19-33(34)35-42-38(5,28-10-15-31(40)16-11-28)39(6,29-12-17-32(41)18-13-29)45(35)36(47)44-23-21-43(22-24-44)20-9-25-51(7,48)49/h10-19,26,36,47H,8-9,20-25H2,1-7H3/t36?,38-,39+/m0/s1. The Morgan fingerprint density at radius 2 is 1.53 bits per heavy atom. The Bertz CT molecular complexity index is 1860. The van der Waals surface area contributed by atoms with Crippen LogP contribution in [0.4, 0.5) is 0 Å². The van der Waals surface area contributed by atoms with E-state index >= 15 is 0 Å². The molecule has 2 heterocycles. The third kappa shape index (κ3) is 7.87. The van der Waals surface area contributed by atoms with Crippen LogP contribution >= 0.6 is 23.2 Å². The van der Waals surface area contributed by atoms with Gasteiger partial charge in [-0.25, -0.2) is 8.42 Å². The summed E-state index contributed by atoms with van der Waals surface area (Å²) in [4.78, 5) is 24.5. The molecule has 0 aromatic heterocycles. The number of carbonyl (C=O) groups is 1. The molecule has 276 valence electrons. The lowest BCUT2D eigenvalue weighted by atomic mass is 9.71. The number of aliphatic hydroxyl groups excluding tert-OH is 1. The van der Waals surface area contributed by atoms with Crippen LogP contribution in [0.2, 0.25) is 10.0 Å². The van der Waals surface area contributed by atoms with Crippen LogP contribution in [0.15, 0.2) is 71.7 Å². The first kappa shape index (κ1) is 39.2. The van der Waals surface area contributed by atoms with E-state index in [0.717, 1.165) is 16.7 Å². The molecule has 3 aromatic rings. The van der Waals surface area contributed by atoms with Gasteiger partial charge in [0, 0.05) is 47.9 Å². The van der Waals surface area contributed by atoms with Gasteiger partial charge in [-0.1, -0.05) is 53.5 Å². The molecule has 3 aromatic carbocycles. The van der Waals surface area contributed by atoms with E-state index in [1.165, 1.54) is 6.26 Å². The lowest BCUT2D eigenvalue weighted by molar-refractivity contribution is -0.135. The number of amidine groups is 1. The van der Waals surface area contributed by atoms with Crippen LogP contribution in [0, 0.1) is 0 Å². The number of ketones is 1. The fourth-order valence-electron chi connectivity index (χ4n) is 7.17. The van der Waals surface area contributed by atoms with Crippen molar-refractivity contribution >= 4 is 44.7 Å². The van der Waals surface area contributed by atoms with Crippen molar-refractivity contribution in [3.8, 4) is 5.75 Å². The summed E-state index contributed by atoms with van der Waals surface area (Å²) in [6.45, 7) is 15.0. The van der Waals surface area contributed by atoms with E-state index in [2.05, 4.69) is 18.7 Å². The second-order valence-corrected chi connectivity index (χ2v) is 17.6.